The van der Waals surface area contributed by atoms with Crippen LogP contribution in [0.25, 0.3) is 0 Å². The van der Waals surface area contributed by atoms with Crippen LogP contribution >= 0.6 is 11.6 Å². The van der Waals surface area contributed by atoms with Crippen molar-refractivity contribution in [3.8, 4) is 0 Å². The standard InChI is InChI=1S/C11H13ClFN/c1-7-2-3-14-6-10-9(7)4-8(12)5-11(10)13/h4-5,7,14H,2-3,6H2,1H3/t7-/m1/s1. The molecule has 1 atom stereocenters. The molecule has 0 unspecified atom stereocenters. The van der Waals surface area contributed by atoms with Crippen LogP contribution in [0.15, 0.2) is 12.1 Å². The molecule has 0 spiro atoms. The highest BCUT2D eigenvalue weighted by atomic mass is 35.5. The van der Waals surface area contributed by atoms with Crippen molar-refractivity contribution < 1.29 is 4.39 Å². The van der Waals surface area contributed by atoms with Gasteiger partial charge in [-0.1, -0.05) is 18.5 Å². The summed E-state index contributed by atoms with van der Waals surface area (Å²) < 4.78 is 13.6. The van der Waals surface area contributed by atoms with Crippen molar-refractivity contribution in [2.45, 2.75) is 25.8 Å². The Morgan fingerprint density at radius 3 is 3.07 bits per heavy atom. The van der Waals surface area contributed by atoms with Crippen LogP contribution in [0.5, 0.6) is 0 Å². The molecule has 1 aromatic rings. The molecule has 0 saturated heterocycles. The molecule has 1 aliphatic rings. The van der Waals surface area contributed by atoms with Crippen LogP contribution in [0, 0.1) is 5.82 Å². The van der Waals surface area contributed by atoms with Crippen LogP contribution in [-0.2, 0) is 6.54 Å². The van der Waals surface area contributed by atoms with Crippen LogP contribution in [0.1, 0.15) is 30.4 Å². The van der Waals surface area contributed by atoms with E-state index in [1.54, 1.807) is 0 Å². The second kappa shape index (κ2) is 3.87. The first-order valence-electron chi connectivity index (χ1n) is 4.87. The zero-order valence-electron chi connectivity index (χ0n) is 8.11. The molecule has 1 heterocycles. The van der Waals surface area contributed by atoms with Crippen LogP contribution in [0.2, 0.25) is 5.02 Å². The van der Waals surface area contributed by atoms with Gasteiger partial charge in [-0.05, 0) is 36.6 Å². The maximum atomic E-state index is 13.6. The van der Waals surface area contributed by atoms with Gasteiger partial charge in [0.25, 0.3) is 0 Å². The first kappa shape index (κ1) is 9.94. The van der Waals surface area contributed by atoms with E-state index in [0.29, 0.717) is 17.5 Å². The predicted octanol–water partition coefficient (Wildman–Crippen LogP) is 3.08. The molecule has 0 fully saturated rings. The first-order chi connectivity index (χ1) is 6.68. The Balaban J connectivity index is 2.53. The fourth-order valence-electron chi connectivity index (χ4n) is 1.94. The summed E-state index contributed by atoms with van der Waals surface area (Å²) in [6, 6.07) is 3.28. The molecule has 0 amide bonds. The van der Waals surface area contributed by atoms with Gasteiger partial charge in [0.15, 0.2) is 0 Å². The van der Waals surface area contributed by atoms with Crippen molar-refractivity contribution in [3.05, 3.63) is 34.1 Å². The highest BCUT2D eigenvalue weighted by molar-refractivity contribution is 6.30. The number of hydrogen-bond acceptors (Lipinski definition) is 1. The topological polar surface area (TPSA) is 12.0 Å². The zero-order valence-corrected chi connectivity index (χ0v) is 8.87. The fraction of sp³-hybridized carbons (Fsp3) is 0.455. The summed E-state index contributed by atoms with van der Waals surface area (Å²) in [5, 5.41) is 3.71. The maximum Gasteiger partial charge on any atom is 0.129 e. The van der Waals surface area contributed by atoms with E-state index in [2.05, 4.69) is 12.2 Å². The molecule has 1 aromatic carbocycles. The summed E-state index contributed by atoms with van der Waals surface area (Å²) in [5.74, 6) is 0.196. The van der Waals surface area contributed by atoms with E-state index < -0.39 is 0 Å². The second-order valence-corrected chi connectivity index (χ2v) is 4.26. The molecule has 1 N–H and O–H groups in total. The van der Waals surface area contributed by atoms with E-state index in [4.69, 9.17) is 11.6 Å². The SMILES string of the molecule is C[C@@H]1CCNCc2c(F)cc(Cl)cc21. The van der Waals surface area contributed by atoms with Crippen molar-refractivity contribution in [1.82, 2.24) is 5.32 Å². The molecule has 0 aromatic heterocycles. The van der Waals surface area contributed by atoms with E-state index in [1.165, 1.54) is 6.07 Å². The van der Waals surface area contributed by atoms with Gasteiger partial charge >= 0.3 is 0 Å². The molecule has 1 nitrogen and oxygen atoms in total. The van der Waals surface area contributed by atoms with Crippen LogP contribution in [0.3, 0.4) is 0 Å². The third kappa shape index (κ3) is 1.77. The number of nitrogens with one attached hydrogen (secondary N) is 1. The summed E-state index contributed by atoms with van der Waals surface area (Å²) >= 11 is 5.84. The summed E-state index contributed by atoms with van der Waals surface area (Å²) in [4.78, 5) is 0. The Kier molecular flexibility index (Phi) is 2.75. The molecule has 76 valence electrons. The van der Waals surface area contributed by atoms with Gasteiger partial charge in [-0.3, -0.25) is 0 Å². The Bertz CT molecular complexity index is 351. The lowest BCUT2D eigenvalue weighted by Crippen LogP contribution is -2.13. The minimum atomic E-state index is -0.186. The highest BCUT2D eigenvalue weighted by Crippen LogP contribution is 2.29. The average Bonchev–Trinajstić information content (AvgIpc) is 2.29. The third-order valence-corrected chi connectivity index (χ3v) is 3.00. The smallest absolute Gasteiger partial charge is 0.129 e. The largest absolute Gasteiger partial charge is 0.313 e. The predicted molar refractivity (Wildman–Crippen MR) is 56.1 cm³/mol. The summed E-state index contributed by atoms with van der Waals surface area (Å²) in [5.41, 5.74) is 1.83. The van der Waals surface area contributed by atoms with Crippen molar-refractivity contribution >= 4 is 11.6 Å². The number of hydrogen-bond donors (Lipinski definition) is 1. The van der Waals surface area contributed by atoms with Crippen LogP contribution < -0.4 is 5.32 Å². The van der Waals surface area contributed by atoms with Crippen LogP contribution in [-0.4, -0.2) is 6.54 Å². The van der Waals surface area contributed by atoms with E-state index in [1.807, 2.05) is 6.07 Å². The van der Waals surface area contributed by atoms with Crippen molar-refractivity contribution in [3.63, 3.8) is 0 Å². The zero-order chi connectivity index (χ0) is 10.1. The quantitative estimate of drug-likeness (QED) is 0.699. The van der Waals surface area contributed by atoms with Gasteiger partial charge in [0.05, 0.1) is 0 Å². The molecule has 0 aliphatic carbocycles. The van der Waals surface area contributed by atoms with Crippen LogP contribution in [0.4, 0.5) is 4.39 Å². The Morgan fingerprint density at radius 2 is 2.29 bits per heavy atom. The number of halogens is 2. The lowest BCUT2D eigenvalue weighted by molar-refractivity contribution is 0.593. The average molecular weight is 214 g/mol. The van der Waals surface area contributed by atoms with Gasteiger partial charge in [-0.25, -0.2) is 4.39 Å². The highest BCUT2D eigenvalue weighted by Gasteiger charge is 2.18. The lowest BCUT2D eigenvalue weighted by Gasteiger charge is -2.12. The molecule has 0 radical (unpaired) electrons. The van der Waals surface area contributed by atoms with E-state index in [0.717, 1.165) is 24.1 Å². The number of benzene rings is 1. The summed E-state index contributed by atoms with van der Waals surface area (Å²) in [6.07, 6.45) is 1.03. The Morgan fingerprint density at radius 1 is 1.50 bits per heavy atom. The number of rotatable bonds is 0. The third-order valence-electron chi connectivity index (χ3n) is 2.78. The molecule has 14 heavy (non-hydrogen) atoms. The van der Waals surface area contributed by atoms with Crippen molar-refractivity contribution in [2.24, 2.45) is 0 Å². The van der Waals surface area contributed by atoms with Gasteiger partial charge < -0.3 is 5.32 Å². The van der Waals surface area contributed by atoms with Gasteiger partial charge in [0.1, 0.15) is 5.82 Å². The van der Waals surface area contributed by atoms with Gasteiger partial charge in [0.2, 0.25) is 0 Å². The molecule has 0 bridgehead atoms. The van der Waals surface area contributed by atoms with Crippen molar-refractivity contribution in [2.75, 3.05) is 6.54 Å². The molecule has 0 saturated carbocycles. The van der Waals surface area contributed by atoms with Gasteiger partial charge in [0, 0.05) is 17.1 Å². The molecular formula is C11H13ClFN. The molecule has 2 rings (SSSR count). The summed E-state index contributed by atoms with van der Waals surface area (Å²) in [6.45, 7) is 3.66. The van der Waals surface area contributed by atoms with E-state index in [9.17, 15) is 4.39 Å². The fourth-order valence-corrected chi connectivity index (χ4v) is 2.15. The number of fused-ring (bicyclic) bond motifs is 1. The molecular weight excluding hydrogens is 201 g/mol. The molecule has 3 heteroatoms. The first-order valence-corrected chi connectivity index (χ1v) is 5.25. The lowest BCUT2D eigenvalue weighted by atomic mass is 9.94. The molecule has 1 aliphatic heterocycles. The monoisotopic (exact) mass is 213 g/mol. The van der Waals surface area contributed by atoms with E-state index in [-0.39, 0.29) is 5.82 Å². The second-order valence-electron chi connectivity index (χ2n) is 3.82. The van der Waals surface area contributed by atoms with E-state index >= 15 is 0 Å². The minimum absolute atomic E-state index is 0.186. The maximum absolute atomic E-state index is 13.6. The minimum Gasteiger partial charge on any atom is -0.313 e. The Labute approximate surface area is 88.3 Å². The normalized spacial score (nSPS) is 21.5. The summed E-state index contributed by atoms with van der Waals surface area (Å²) in [7, 11) is 0. The Hall–Kier alpha value is -0.600. The van der Waals surface area contributed by atoms with Gasteiger partial charge in [-0.15, -0.1) is 0 Å². The van der Waals surface area contributed by atoms with Gasteiger partial charge in [-0.2, -0.15) is 0 Å². The van der Waals surface area contributed by atoms with Crippen molar-refractivity contribution in [1.29, 1.82) is 0 Å².